The van der Waals surface area contributed by atoms with E-state index in [1.807, 2.05) is 36.4 Å². The number of benzene rings is 2. The third-order valence-electron chi connectivity index (χ3n) is 4.21. The second-order valence-corrected chi connectivity index (χ2v) is 6.66. The summed E-state index contributed by atoms with van der Waals surface area (Å²) < 4.78 is 12.5. The van der Waals surface area contributed by atoms with Crippen molar-refractivity contribution in [1.29, 1.82) is 0 Å². The van der Waals surface area contributed by atoms with Gasteiger partial charge >= 0.3 is 0 Å². The van der Waals surface area contributed by atoms with Crippen LogP contribution in [0, 0.1) is 0 Å². The van der Waals surface area contributed by atoms with Gasteiger partial charge in [-0.1, -0.05) is 15.9 Å². The van der Waals surface area contributed by atoms with Gasteiger partial charge in [-0.3, -0.25) is 0 Å². The molecule has 0 atom stereocenters. The Morgan fingerprint density at radius 1 is 1.12 bits per heavy atom. The fraction of sp³-hybridized carbons (Fsp3) is 0.278. The largest absolute Gasteiger partial charge is 0.497 e. The fourth-order valence-electron chi connectivity index (χ4n) is 2.97. The van der Waals surface area contributed by atoms with Gasteiger partial charge in [0.1, 0.15) is 23.0 Å². The zero-order chi connectivity index (χ0) is 16.5. The van der Waals surface area contributed by atoms with Crippen LogP contribution in [-0.4, -0.2) is 44.0 Å². The minimum absolute atomic E-state index is 0.748. The van der Waals surface area contributed by atoms with Gasteiger partial charge in [0, 0.05) is 36.7 Å². The molecule has 0 saturated carbocycles. The van der Waals surface area contributed by atoms with Gasteiger partial charge in [-0.05, 0) is 30.3 Å². The van der Waals surface area contributed by atoms with E-state index in [1.165, 1.54) is 0 Å². The lowest BCUT2D eigenvalue weighted by atomic mass is 10.1. The van der Waals surface area contributed by atoms with Crippen molar-refractivity contribution in [3.63, 3.8) is 0 Å². The van der Waals surface area contributed by atoms with E-state index in [9.17, 15) is 0 Å². The van der Waals surface area contributed by atoms with E-state index in [1.54, 1.807) is 7.11 Å². The molecule has 24 heavy (non-hydrogen) atoms. The van der Waals surface area contributed by atoms with E-state index in [-0.39, 0.29) is 0 Å². The van der Waals surface area contributed by atoms with Crippen molar-refractivity contribution >= 4 is 27.5 Å². The molecule has 1 fully saturated rings. The minimum atomic E-state index is 0.748. The lowest BCUT2D eigenvalue weighted by Crippen LogP contribution is -2.46. The van der Waals surface area contributed by atoms with E-state index in [4.69, 9.17) is 14.5 Å². The Morgan fingerprint density at radius 3 is 2.75 bits per heavy atom. The number of hydrogen-bond acceptors (Lipinski definition) is 5. The third-order valence-corrected chi connectivity index (χ3v) is 4.71. The zero-order valence-electron chi connectivity index (χ0n) is 13.4. The lowest BCUT2D eigenvalue weighted by molar-refractivity contribution is 0.357. The summed E-state index contributed by atoms with van der Waals surface area (Å²) in [5.41, 5.74) is 1.82. The smallest absolute Gasteiger partial charge is 0.153 e. The Balaban J connectivity index is 1.87. The van der Waals surface area contributed by atoms with Crippen LogP contribution in [-0.2, 0) is 0 Å². The van der Waals surface area contributed by atoms with Crippen molar-refractivity contribution in [2.45, 2.75) is 0 Å². The highest BCUT2D eigenvalue weighted by molar-refractivity contribution is 9.10. The van der Waals surface area contributed by atoms with E-state index < -0.39 is 0 Å². The van der Waals surface area contributed by atoms with Gasteiger partial charge in [0.05, 0.1) is 12.7 Å². The number of piperazine rings is 1. The van der Waals surface area contributed by atoms with Crippen LogP contribution in [0.1, 0.15) is 5.56 Å². The molecule has 0 bridgehead atoms. The predicted molar refractivity (Wildman–Crippen MR) is 97.8 cm³/mol. The number of aliphatic imine (C=N–C) groups is 1. The second-order valence-electron chi connectivity index (χ2n) is 5.75. The van der Waals surface area contributed by atoms with Crippen LogP contribution in [0.4, 0.5) is 5.69 Å². The van der Waals surface area contributed by atoms with Gasteiger partial charge < -0.3 is 19.7 Å². The van der Waals surface area contributed by atoms with Gasteiger partial charge in [-0.15, -0.1) is 0 Å². The molecule has 2 aliphatic heterocycles. The monoisotopic (exact) mass is 387 g/mol. The summed E-state index contributed by atoms with van der Waals surface area (Å²) in [6, 6.07) is 11.8. The summed E-state index contributed by atoms with van der Waals surface area (Å²) in [6.07, 6.45) is 0. The van der Waals surface area contributed by atoms with Gasteiger partial charge in [-0.2, -0.15) is 0 Å². The van der Waals surface area contributed by atoms with Gasteiger partial charge in [-0.25, -0.2) is 4.99 Å². The molecule has 0 amide bonds. The van der Waals surface area contributed by atoms with E-state index >= 15 is 0 Å². The maximum Gasteiger partial charge on any atom is 0.153 e. The Kier molecular flexibility index (Phi) is 4.16. The van der Waals surface area contributed by atoms with Gasteiger partial charge in [0.15, 0.2) is 5.75 Å². The fourth-order valence-corrected chi connectivity index (χ4v) is 3.32. The molecule has 5 nitrogen and oxygen atoms in total. The van der Waals surface area contributed by atoms with E-state index in [0.717, 1.165) is 65.0 Å². The Morgan fingerprint density at radius 2 is 1.96 bits per heavy atom. The number of fused-ring (bicyclic) bond motifs is 2. The average molecular weight is 388 g/mol. The molecule has 6 heteroatoms. The van der Waals surface area contributed by atoms with Crippen molar-refractivity contribution in [2.75, 3.05) is 33.3 Å². The number of amidine groups is 1. The summed E-state index contributed by atoms with van der Waals surface area (Å²) in [4.78, 5) is 7.25. The summed E-state index contributed by atoms with van der Waals surface area (Å²) in [7, 11) is 1.66. The standard InChI is InChI=1S/C18H18BrN3O2/c1-23-13-3-4-14-17(11-13)24-16-5-2-12(19)10-15(16)21-18(14)22-8-6-20-7-9-22/h2-5,10-11,20H,6-9H2,1H3. The molecular weight excluding hydrogens is 370 g/mol. The summed E-state index contributed by atoms with van der Waals surface area (Å²) in [6.45, 7) is 3.76. The summed E-state index contributed by atoms with van der Waals surface area (Å²) in [5, 5.41) is 3.38. The van der Waals surface area contributed by atoms with Crippen molar-refractivity contribution in [3.05, 3.63) is 46.4 Å². The normalized spacial score (nSPS) is 16.4. The molecular formula is C18H18BrN3O2. The molecule has 2 aliphatic rings. The van der Waals surface area contributed by atoms with Crippen LogP contribution < -0.4 is 14.8 Å². The third kappa shape index (κ3) is 2.87. The molecule has 2 aromatic rings. The number of hydrogen-bond donors (Lipinski definition) is 1. The molecule has 124 valence electrons. The van der Waals surface area contributed by atoms with Crippen LogP contribution in [0.25, 0.3) is 0 Å². The van der Waals surface area contributed by atoms with Crippen LogP contribution >= 0.6 is 15.9 Å². The number of ether oxygens (including phenoxy) is 2. The molecule has 0 unspecified atom stereocenters. The summed E-state index contributed by atoms with van der Waals surface area (Å²) in [5.74, 6) is 3.24. The molecule has 2 aromatic carbocycles. The molecule has 4 rings (SSSR count). The molecule has 0 aliphatic carbocycles. The quantitative estimate of drug-likeness (QED) is 0.812. The maximum absolute atomic E-state index is 6.16. The van der Waals surface area contributed by atoms with Gasteiger partial charge in [0.25, 0.3) is 0 Å². The predicted octanol–water partition coefficient (Wildman–Crippen LogP) is 3.55. The number of halogens is 1. The van der Waals surface area contributed by atoms with Crippen molar-refractivity contribution in [2.24, 2.45) is 4.99 Å². The van der Waals surface area contributed by atoms with Crippen LogP contribution in [0.15, 0.2) is 45.9 Å². The first-order chi connectivity index (χ1) is 11.7. The number of methoxy groups -OCH3 is 1. The first-order valence-electron chi connectivity index (χ1n) is 7.95. The van der Waals surface area contributed by atoms with Crippen LogP contribution in [0.3, 0.4) is 0 Å². The maximum atomic E-state index is 6.16. The molecule has 0 aromatic heterocycles. The number of nitrogens with one attached hydrogen (secondary N) is 1. The number of rotatable bonds is 1. The molecule has 0 radical (unpaired) electrons. The zero-order valence-corrected chi connectivity index (χ0v) is 15.0. The Bertz CT molecular complexity index is 801. The highest BCUT2D eigenvalue weighted by Crippen LogP contribution is 2.40. The highest BCUT2D eigenvalue weighted by atomic mass is 79.9. The summed E-state index contributed by atoms with van der Waals surface area (Å²) >= 11 is 3.52. The number of nitrogens with zero attached hydrogens (tertiary/aromatic N) is 2. The molecule has 1 N–H and O–H groups in total. The van der Waals surface area contributed by atoms with Crippen LogP contribution in [0.5, 0.6) is 17.2 Å². The highest BCUT2D eigenvalue weighted by Gasteiger charge is 2.24. The molecule has 1 saturated heterocycles. The second kappa shape index (κ2) is 6.45. The van der Waals surface area contributed by atoms with E-state index in [0.29, 0.717) is 0 Å². The van der Waals surface area contributed by atoms with Crippen LogP contribution in [0.2, 0.25) is 0 Å². The van der Waals surface area contributed by atoms with Crippen molar-refractivity contribution in [1.82, 2.24) is 10.2 Å². The Hall–Kier alpha value is -2.05. The topological polar surface area (TPSA) is 46.1 Å². The average Bonchev–Trinajstić information content (AvgIpc) is 2.78. The SMILES string of the molecule is COc1ccc2c(c1)Oc1ccc(Br)cc1N=C2N1CCNCC1. The van der Waals surface area contributed by atoms with E-state index in [2.05, 4.69) is 26.1 Å². The molecule has 2 heterocycles. The Labute approximate surface area is 149 Å². The molecule has 0 spiro atoms. The van der Waals surface area contributed by atoms with Gasteiger partial charge in [0.2, 0.25) is 0 Å². The first-order valence-corrected chi connectivity index (χ1v) is 8.74. The lowest BCUT2D eigenvalue weighted by Gasteiger charge is -2.30. The minimum Gasteiger partial charge on any atom is -0.497 e. The van der Waals surface area contributed by atoms with Crippen molar-refractivity contribution < 1.29 is 9.47 Å². The van der Waals surface area contributed by atoms with Crippen molar-refractivity contribution in [3.8, 4) is 17.2 Å². The first kappa shape index (κ1) is 15.5.